The van der Waals surface area contributed by atoms with Crippen molar-refractivity contribution in [3.05, 3.63) is 53.1 Å². The molecule has 0 fully saturated rings. The number of anilines is 1. The lowest BCUT2D eigenvalue weighted by Gasteiger charge is -2.16. The molecule has 5 nitrogen and oxygen atoms in total. The van der Waals surface area contributed by atoms with Crippen molar-refractivity contribution in [1.29, 1.82) is 0 Å². The molecule has 3 rings (SSSR count). The average Bonchev–Trinajstić information content (AvgIpc) is 2.75. The molecule has 1 amide bonds. The first-order chi connectivity index (χ1) is 9.58. The molecule has 1 heterocycles. The Labute approximate surface area is 115 Å². The van der Waals surface area contributed by atoms with E-state index in [1.807, 2.05) is 18.2 Å². The van der Waals surface area contributed by atoms with Gasteiger partial charge in [0.15, 0.2) is 11.5 Å². The zero-order chi connectivity index (χ0) is 14.3. The number of benzene rings is 2. The van der Waals surface area contributed by atoms with E-state index in [0.29, 0.717) is 23.4 Å². The maximum atomic E-state index is 12.3. The molecule has 0 spiro atoms. The number of nitrogens with two attached hydrogens (primary N) is 1. The molecule has 1 aliphatic heterocycles. The third kappa shape index (κ3) is 1.84. The second kappa shape index (κ2) is 4.45. The Bertz CT molecular complexity index is 698. The van der Waals surface area contributed by atoms with Crippen LogP contribution in [0.15, 0.2) is 36.4 Å². The number of phenolic OH excluding ortho intramolecular Hbond substituents is 2. The maximum absolute atomic E-state index is 12.3. The normalized spacial score (nSPS) is 13.6. The summed E-state index contributed by atoms with van der Waals surface area (Å²) in [6, 6.07) is 10.2. The van der Waals surface area contributed by atoms with Crippen molar-refractivity contribution in [1.82, 2.24) is 4.90 Å². The van der Waals surface area contributed by atoms with Crippen LogP contribution in [0.4, 0.5) is 5.69 Å². The number of amides is 1. The van der Waals surface area contributed by atoms with Gasteiger partial charge in [-0.2, -0.15) is 0 Å². The van der Waals surface area contributed by atoms with Crippen LogP contribution >= 0.6 is 0 Å². The van der Waals surface area contributed by atoms with E-state index in [9.17, 15) is 15.0 Å². The van der Waals surface area contributed by atoms with E-state index in [1.165, 1.54) is 12.1 Å². The van der Waals surface area contributed by atoms with Crippen molar-refractivity contribution in [2.45, 2.75) is 13.1 Å². The monoisotopic (exact) mass is 270 g/mol. The minimum Gasteiger partial charge on any atom is -0.504 e. The van der Waals surface area contributed by atoms with Crippen LogP contribution in [0.5, 0.6) is 11.5 Å². The molecule has 4 N–H and O–H groups in total. The van der Waals surface area contributed by atoms with Crippen LogP contribution in [0.25, 0.3) is 0 Å². The Morgan fingerprint density at radius 2 is 1.90 bits per heavy atom. The van der Waals surface area contributed by atoms with E-state index in [2.05, 4.69) is 0 Å². The summed E-state index contributed by atoms with van der Waals surface area (Å²) in [6.07, 6.45) is 0. The van der Waals surface area contributed by atoms with Crippen molar-refractivity contribution < 1.29 is 15.0 Å². The molecule has 0 aliphatic carbocycles. The van der Waals surface area contributed by atoms with E-state index in [0.717, 1.165) is 5.56 Å². The van der Waals surface area contributed by atoms with Crippen LogP contribution in [-0.2, 0) is 13.1 Å². The average molecular weight is 270 g/mol. The number of para-hydroxylation sites is 1. The predicted octanol–water partition coefficient (Wildman–Crippen LogP) is 1.84. The lowest BCUT2D eigenvalue weighted by atomic mass is 10.1. The van der Waals surface area contributed by atoms with Crippen LogP contribution in [0.1, 0.15) is 21.5 Å². The Balaban J connectivity index is 1.91. The van der Waals surface area contributed by atoms with Crippen molar-refractivity contribution in [3.63, 3.8) is 0 Å². The highest BCUT2D eigenvalue weighted by molar-refractivity contribution is 5.99. The first kappa shape index (κ1) is 12.3. The number of nitrogens with zero attached hydrogens (tertiary/aromatic N) is 1. The van der Waals surface area contributed by atoms with Gasteiger partial charge >= 0.3 is 0 Å². The zero-order valence-electron chi connectivity index (χ0n) is 10.7. The first-order valence-electron chi connectivity index (χ1n) is 6.24. The summed E-state index contributed by atoms with van der Waals surface area (Å²) in [5, 5.41) is 19.3. The number of carbonyl (C=O) groups is 1. The molecule has 20 heavy (non-hydrogen) atoms. The quantitative estimate of drug-likeness (QED) is 0.574. The van der Waals surface area contributed by atoms with Gasteiger partial charge in [-0.25, -0.2) is 0 Å². The van der Waals surface area contributed by atoms with E-state index in [4.69, 9.17) is 5.73 Å². The molecular weight excluding hydrogens is 256 g/mol. The van der Waals surface area contributed by atoms with Gasteiger partial charge in [0.05, 0.1) is 6.54 Å². The van der Waals surface area contributed by atoms with E-state index >= 15 is 0 Å². The van der Waals surface area contributed by atoms with E-state index < -0.39 is 0 Å². The number of nitrogen functional groups attached to an aromatic ring is 1. The fraction of sp³-hybridized carbons (Fsp3) is 0.133. The summed E-state index contributed by atoms with van der Waals surface area (Å²) in [7, 11) is 0. The van der Waals surface area contributed by atoms with Gasteiger partial charge < -0.3 is 20.8 Å². The molecule has 0 atom stereocenters. The van der Waals surface area contributed by atoms with Crippen molar-refractivity contribution >= 4 is 11.6 Å². The molecule has 0 saturated carbocycles. The van der Waals surface area contributed by atoms with Crippen LogP contribution in [0, 0.1) is 0 Å². The highest BCUT2D eigenvalue weighted by Crippen LogP contribution is 2.37. The molecule has 0 saturated heterocycles. The highest BCUT2D eigenvalue weighted by Gasteiger charge is 2.30. The van der Waals surface area contributed by atoms with Gasteiger partial charge in [-0.15, -0.1) is 0 Å². The summed E-state index contributed by atoms with van der Waals surface area (Å²) < 4.78 is 0. The van der Waals surface area contributed by atoms with Crippen molar-refractivity contribution in [3.8, 4) is 11.5 Å². The predicted molar refractivity (Wildman–Crippen MR) is 74.2 cm³/mol. The van der Waals surface area contributed by atoms with Crippen molar-refractivity contribution in [2.24, 2.45) is 0 Å². The van der Waals surface area contributed by atoms with Crippen LogP contribution < -0.4 is 5.73 Å². The number of phenols is 2. The Morgan fingerprint density at radius 3 is 2.65 bits per heavy atom. The fourth-order valence-electron chi connectivity index (χ4n) is 2.43. The van der Waals surface area contributed by atoms with Crippen LogP contribution in [-0.4, -0.2) is 21.0 Å². The summed E-state index contributed by atoms with van der Waals surface area (Å²) in [6.45, 7) is 0.642. The molecule has 0 aromatic heterocycles. The number of rotatable bonds is 2. The second-order valence-electron chi connectivity index (χ2n) is 4.82. The molecule has 2 aromatic carbocycles. The van der Waals surface area contributed by atoms with Crippen LogP contribution in [0.3, 0.4) is 0 Å². The Kier molecular flexibility index (Phi) is 2.75. The number of carbonyl (C=O) groups excluding carboxylic acids is 1. The summed E-state index contributed by atoms with van der Waals surface area (Å²) in [4.78, 5) is 13.9. The lowest BCUT2D eigenvalue weighted by Crippen LogP contribution is -2.23. The van der Waals surface area contributed by atoms with Gasteiger partial charge in [0.1, 0.15) is 0 Å². The zero-order valence-corrected chi connectivity index (χ0v) is 10.7. The first-order valence-corrected chi connectivity index (χ1v) is 6.24. The molecule has 5 heteroatoms. The number of hydrogen-bond acceptors (Lipinski definition) is 4. The van der Waals surface area contributed by atoms with Crippen LogP contribution in [0.2, 0.25) is 0 Å². The van der Waals surface area contributed by atoms with Gasteiger partial charge in [0.25, 0.3) is 5.91 Å². The summed E-state index contributed by atoms with van der Waals surface area (Å²) in [5.41, 5.74) is 8.25. The van der Waals surface area contributed by atoms with Gasteiger partial charge in [0.2, 0.25) is 0 Å². The SMILES string of the molecule is Nc1ccccc1CN1Cc2c(ccc(O)c2O)C1=O. The smallest absolute Gasteiger partial charge is 0.254 e. The van der Waals surface area contributed by atoms with E-state index in [1.54, 1.807) is 11.0 Å². The lowest BCUT2D eigenvalue weighted by molar-refractivity contribution is 0.0767. The van der Waals surface area contributed by atoms with Gasteiger partial charge in [-0.05, 0) is 23.8 Å². The fourth-order valence-corrected chi connectivity index (χ4v) is 2.43. The Morgan fingerprint density at radius 1 is 1.15 bits per heavy atom. The number of aromatic hydroxyl groups is 2. The number of hydrogen-bond donors (Lipinski definition) is 3. The van der Waals surface area contributed by atoms with E-state index in [-0.39, 0.29) is 24.0 Å². The molecule has 0 unspecified atom stereocenters. The summed E-state index contributed by atoms with van der Waals surface area (Å²) in [5.74, 6) is -0.601. The highest BCUT2D eigenvalue weighted by atomic mass is 16.3. The third-order valence-corrected chi connectivity index (χ3v) is 3.54. The minimum atomic E-state index is -0.223. The molecule has 0 bridgehead atoms. The van der Waals surface area contributed by atoms with Crippen molar-refractivity contribution in [2.75, 3.05) is 5.73 Å². The molecule has 1 aliphatic rings. The second-order valence-corrected chi connectivity index (χ2v) is 4.82. The largest absolute Gasteiger partial charge is 0.504 e. The van der Waals surface area contributed by atoms with Gasteiger partial charge in [0, 0.05) is 23.4 Å². The topological polar surface area (TPSA) is 86.8 Å². The Hall–Kier alpha value is -2.69. The molecule has 2 aromatic rings. The molecule has 102 valence electrons. The minimum absolute atomic E-state index is 0.168. The maximum Gasteiger partial charge on any atom is 0.254 e. The van der Waals surface area contributed by atoms with Gasteiger partial charge in [-0.3, -0.25) is 4.79 Å². The molecule has 0 radical (unpaired) electrons. The molecular formula is C15H14N2O3. The standard InChI is InChI=1S/C15H14N2O3/c16-12-4-2-1-3-9(12)7-17-8-11-10(15(17)20)5-6-13(18)14(11)19/h1-6,18-19H,7-8,16H2. The van der Waals surface area contributed by atoms with Gasteiger partial charge in [-0.1, -0.05) is 18.2 Å². The third-order valence-electron chi connectivity index (χ3n) is 3.54. The summed E-state index contributed by atoms with van der Waals surface area (Å²) >= 11 is 0. The number of fused-ring (bicyclic) bond motifs is 1.